The Bertz CT molecular complexity index is 1460. The quantitative estimate of drug-likeness (QED) is 0.120. The van der Waals surface area contributed by atoms with Gasteiger partial charge in [0.05, 0.1) is 38.7 Å². The number of ether oxygens (including phenoxy) is 4. The van der Waals surface area contributed by atoms with Crippen LogP contribution in [0.15, 0.2) is 79.1 Å². The number of hydrazine groups is 1. The Balaban J connectivity index is 1.91. The Morgan fingerprint density at radius 3 is 1.64 bits per heavy atom. The fourth-order valence-electron chi connectivity index (χ4n) is 4.15. The van der Waals surface area contributed by atoms with Crippen molar-refractivity contribution in [3.8, 4) is 23.0 Å². The van der Waals surface area contributed by atoms with Gasteiger partial charge in [0.2, 0.25) is 0 Å². The van der Waals surface area contributed by atoms with E-state index in [-0.39, 0.29) is 40.8 Å². The van der Waals surface area contributed by atoms with Crippen LogP contribution >= 0.6 is 0 Å². The third-order valence-corrected chi connectivity index (χ3v) is 6.04. The minimum Gasteiger partial charge on any atom is -0.493 e. The van der Waals surface area contributed by atoms with E-state index in [1.54, 1.807) is 29.5 Å². The summed E-state index contributed by atoms with van der Waals surface area (Å²) in [6, 6.07) is 15.0. The van der Waals surface area contributed by atoms with Gasteiger partial charge < -0.3 is 18.9 Å². The molecule has 0 atom stereocenters. The van der Waals surface area contributed by atoms with Crippen LogP contribution in [0.25, 0.3) is 0 Å². The van der Waals surface area contributed by atoms with Gasteiger partial charge in [0, 0.05) is 30.1 Å². The molecule has 0 radical (unpaired) electrons. The first-order valence-corrected chi connectivity index (χ1v) is 12.3. The average molecular weight is 594 g/mol. The molecular weight excluding hydrogens is 568 g/mol. The first-order chi connectivity index (χ1) is 20.2. The minimum atomic E-state index is -3.13. The highest BCUT2D eigenvalue weighted by Crippen LogP contribution is 2.38. The van der Waals surface area contributed by atoms with E-state index < -0.39 is 31.4 Å². The minimum absolute atomic E-state index is 0.0423. The molecule has 222 valence electrons. The second-order valence-electron chi connectivity index (χ2n) is 8.60. The maximum absolute atomic E-state index is 14.9. The van der Waals surface area contributed by atoms with E-state index in [0.717, 1.165) is 12.1 Å². The van der Waals surface area contributed by atoms with Crippen molar-refractivity contribution in [2.75, 3.05) is 24.2 Å². The van der Waals surface area contributed by atoms with Crippen LogP contribution in [0.2, 0.25) is 0 Å². The summed E-state index contributed by atoms with van der Waals surface area (Å²) < 4.78 is 101. The highest BCUT2D eigenvalue weighted by molar-refractivity contribution is 5.65. The van der Waals surface area contributed by atoms with E-state index in [1.807, 2.05) is 0 Å². The van der Waals surface area contributed by atoms with Gasteiger partial charge in [-0.25, -0.2) is 8.78 Å². The number of aromatic nitrogens is 1. The van der Waals surface area contributed by atoms with Crippen LogP contribution in [-0.4, -0.2) is 32.4 Å². The van der Waals surface area contributed by atoms with Crippen LogP contribution in [0.4, 0.5) is 37.7 Å². The van der Waals surface area contributed by atoms with Gasteiger partial charge in [-0.2, -0.15) is 17.6 Å². The molecule has 0 fully saturated rings. The van der Waals surface area contributed by atoms with Crippen molar-refractivity contribution in [3.05, 3.63) is 102 Å². The predicted molar refractivity (Wildman–Crippen MR) is 142 cm³/mol. The summed E-state index contributed by atoms with van der Waals surface area (Å²) in [6.45, 7) is -6.58. The van der Waals surface area contributed by atoms with Gasteiger partial charge in [0.15, 0.2) is 23.0 Å². The monoisotopic (exact) mass is 593 g/mol. The zero-order chi connectivity index (χ0) is 30.2. The number of rotatable bonds is 13. The molecule has 7 nitrogen and oxygen atoms in total. The number of nitrogens with zero attached hydrogens (tertiary/aromatic N) is 3. The van der Waals surface area contributed by atoms with Crippen molar-refractivity contribution in [1.29, 1.82) is 0 Å². The van der Waals surface area contributed by atoms with Crippen LogP contribution in [0, 0.1) is 11.6 Å². The molecule has 42 heavy (non-hydrogen) atoms. The van der Waals surface area contributed by atoms with Crippen molar-refractivity contribution in [2.45, 2.75) is 26.3 Å². The maximum atomic E-state index is 14.9. The van der Waals surface area contributed by atoms with Gasteiger partial charge in [0.1, 0.15) is 11.6 Å². The number of anilines is 2. The first-order valence-electron chi connectivity index (χ1n) is 12.3. The topological polar surface area (TPSA) is 56.3 Å². The van der Waals surface area contributed by atoms with Crippen LogP contribution < -0.4 is 29.0 Å². The molecule has 13 heteroatoms. The number of hydrogen-bond donors (Lipinski definition) is 0. The first kappa shape index (κ1) is 30.2. The van der Waals surface area contributed by atoms with E-state index in [1.165, 1.54) is 61.7 Å². The molecule has 0 bridgehead atoms. The molecule has 1 aromatic heterocycles. The fraction of sp³-hybridized carbons (Fsp3) is 0.207. The van der Waals surface area contributed by atoms with E-state index in [9.17, 15) is 26.3 Å². The molecule has 0 saturated carbocycles. The number of benzene rings is 3. The summed E-state index contributed by atoms with van der Waals surface area (Å²) in [4.78, 5) is 4.12. The molecule has 0 amide bonds. The van der Waals surface area contributed by atoms with Crippen LogP contribution in [0.1, 0.15) is 11.1 Å². The van der Waals surface area contributed by atoms with Gasteiger partial charge in [0.25, 0.3) is 0 Å². The van der Waals surface area contributed by atoms with Gasteiger partial charge in [-0.3, -0.25) is 15.0 Å². The SMILES string of the molecule is COc1cc(N(Cc2cccnc2)N(Cc2c(F)cccc2F)c2ccc(OC(F)F)c(OC)c2)ccc1OC(F)F. The smallest absolute Gasteiger partial charge is 0.387 e. The summed E-state index contributed by atoms with van der Waals surface area (Å²) >= 11 is 0. The molecule has 0 unspecified atom stereocenters. The molecule has 1 heterocycles. The molecule has 0 aliphatic rings. The Morgan fingerprint density at radius 1 is 0.667 bits per heavy atom. The highest BCUT2D eigenvalue weighted by Gasteiger charge is 2.25. The molecule has 0 aliphatic carbocycles. The molecular formula is C29H25F6N3O4. The Labute approximate surface area is 237 Å². The lowest BCUT2D eigenvalue weighted by molar-refractivity contribution is -0.0518. The summed E-state index contributed by atoms with van der Waals surface area (Å²) in [5, 5.41) is 3.05. The Hall–Kier alpha value is -4.81. The van der Waals surface area contributed by atoms with Gasteiger partial charge in [-0.1, -0.05) is 12.1 Å². The second-order valence-corrected chi connectivity index (χ2v) is 8.60. The van der Waals surface area contributed by atoms with Crippen molar-refractivity contribution < 1.29 is 45.3 Å². The predicted octanol–water partition coefficient (Wildman–Crippen LogP) is 7.21. The second kappa shape index (κ2) is 13.7. The molecule has 0 spiro atoms. The Kier molecular flexibility index (Phi) is 9.84. The summed E-state index contributed by atoms with van der Waals surface area (Å²) in [5.74, 6) is -2.28. The molecule has 4 aromatic rings. The molecule has 0 saturated heterocycles. The van der Waals surface area contributed by atoms with Gasteiger partial charge in [-0.15, -0.1) is 0 Å². The van der Waals surface area contributed by atoms with Crippen molar-refractivity contribution in [2.24, 2.45) is 0 Å². The third-order valence-electron chi connectivity index (χ3n) is 6.04. The lowest BCUT2D eigenvalue weighted by Gasteiger charge is -2.39. The van der Waals surface area contributed by atoms with Crippen LogP contribution in [-0.2, 0) is 13.1 Å². The molecule has 3 aromatic carbocycles. The summed E-state index contributed by atoms with van der Waals surface area (Å²) in [7, 11) is 2.51. The zero-order valence-corrected chi connectivity index (χ0v) is 22.3. The summed E-state index contributed by atoms with van der Waals surface area (Å²) in [5.41, 5.74) is 0.950. The van der Waals surface area contributed by atoms with Crippen LogP contribution in [0.5, 0.6) is 23.0 Å². The maximum Gasteiger partial charge on any atom is 0.387 e. The van der Waals surface area contributed by atoms with E-state index in [0.29, 0.717) is 11.3 Å². The van der Waals surface area contributed by atoms with Crippen molar-refractivity contribution >= 4 is 11.4 Å². The van der Waals surface area contributed by atoms with Crippen molar-refractivity contribution in [3.63, 3.8) is 0 Å². The number of alkyl halides is 4. The fourth-order valence-corrected chi connectivity index (χ4v) is 4.15. The largest absolute Gasteiger partial charge is 0.493 e. The number of halogens is 6. The lowest BCUT2D eigenvalue weighted by Crippen LogP contribution is -2.42. The number of methoxy groups -OCH3 is 2. The third kappa shape index (κ3) is 7.28. The highest BCUT2D eigenvalue weighted by atomic mass is 19.3. The molecule has 0 N–H and O–H groups in total. The van der Waals surface area contributed by atoms with Gasteiger partial charge in [-0.05, 0) is 48.0 Å². The van der Waals surface area contributed by atoms with E-state index in [2.05, 4.69) is 14.5 Å². The molecule has 0 aliphatic heterocycles. The lowest BCUT2D eigenvalue weighted by atomic mass is 10.1. The van der Waals surface area contributed by atoms with Crippen molar-refractivity contribution in [1.82, 2.24) is 4.98 Å². The normalized spacial score (nSPS) is 11.0. The standard InChI is InChI=1S/C29H25F6N3O4/c1-39-26-13-19(8-10-24(26)41-28(32)33)37(16-18-5-4-12-36-15-18)38(17-21-22(30)6-3-7-23(21)31)20-9-11-25(42-29(34)35)27(14-20)40-2/h3-15,28-29H,16-17H2,1-2H3. The Morgan fingerprint density at radius 2 is 1.19 bits per heavy atom. The zero-order valence-electron chi connectivity index (χ0n) is 22.3. The number of hydrogen-bond acceptors (Lipinski definition) is 7. The van der Waals surface area contributed by atoms with Crippen LogP contribution in [0.3, 0.4) is 0 Å². The summed E-state index contributed by atoms with van der Waals surface area (Å²) in [6.07, 6.45) is 3.13. The average Bonchev–Trinajstić information content (AvgIpc) is 2.97. The van der Waals surface area contributed by atoms with E-state index >= 15 is 0 Å². The molecule has 4 rings (SSSR count). The number of pyridine rings is 1. The van der Waals surface area contributed by atoms with Gasteiger partial charge >= 0.3 is 13.2 Å². The van der Waals surface area contributed by atoms with E-state index in [4.69, 9.17) is 9.47 Å².